The Balaban J connectivity index is 1.46. The zero-order chi connectivity index (χ0) is 22.0. The molecule has 4 rings (SSSR count). The fourth-order valence-corrected chi connectivity index (χ4v) is 5.28. The van der Waals surface area contributed by atoms with Crippen LogP contribution in [0.25, 0.3) is 0 Å². The van der Waals surface area contributed by atoms with Crippen LogP contribution in [0.3, 0.4) is 0 Å². The lowest BCUT2D eigenvalue weighted by atomic mass is 9.78. The van der Waals surface area contributed by atoms with E-state index in [0.717, 1.165) is 64.2 Å². The molecule has 0 unspecified atom stereocenters. The molecule has 3 fully saturated rings. The molecule has 3 aliphatic heterocycles. The van der Waals surface area contributed by atoms with Gasteiger partial charge in [0.25, 0.3) is 0 Å². The maximum Gasteiger partial charge on any atom is 0.411 e. The molecule has 3 saturated heterocycles. The molecule has 0 radical (unpaired) electrons. The van der Waals surface area contributed by atoms with Crippen molar-refractivity contribution in [1.29, 1.82) is 0 Å². The standard InChI is InChI=1S/C23H34N4O4/c1-17(2)15-27(22(29)30)19-4-5-20(24-14-19)25-10-3-8-23(16-25)9-11-26(21(23)28)18-6-12-31-13-7-18/h4-5,14,17-18H,3,6-13,15-16H2,1-2H3,(H,29,30)/t23-/m0/s1. The Morgan fingerprint density at radius 3 is 2.71 bits per heavy atom. The highest BCUT2D eigenvalue weighted by atomic mass is 16.5. The van der Waals surface area contributed by atoms with Gasteiger partial charge in [-0.25, -0.2) is 9.78 Å². The third-order valence-electron chi connectivity index (χ3n) is 6.90. The van der Waals surface area contributed by atoms with E-state index in [-0.39, 0.29) is 11.3 Å². The van der Waals surface area contributed by atoms with Crippen molar-refractivity contribution < 1.29 is 19.4 Å². The molecule has 1 aromatic heterocycles. The molecule has 0 aromatic carbocycles. The number of carboxylic acid groups (broad SMARTS) is 1. The van der Waals surface area contributed by atoms with Crippen molar-refractivity contribution in [1.82, 2.24) is 9.88 Å². The maximum absolute atomic E-state index is 13.4. The van der Waals surface area contributed by atoms with Gasteiger partial charge in [0.15, 0.2) is 0 Å². The first kappa shape index (κ1) is 21.9. The van der Waals surface area contributed by atoms with Gasteiger partial charge in [-0.2, -0.15) is 0 Å². The number of rotatable bonds is 5. The average Bonchev–Trinajstić information content (AvgIpc) is 3.08. The van der Waals surface area contributed by atoms with Gasteiger partial charge in [0.05, 0.1) is 17.3 Å². The van der Waals surface area contributed by atoms with Gasteiger partial charge >= 0.3 is 6.09 Å². The SMILES string of the molecule is CC(C)CN(C(=O)O)c1ccc(N2CCC[C@]3(CCN(C4CCOCC4)C3=O)C2)nc1. The lowest BCUT2D eigenvalue weighted by Gasteiger charge is -2.40. The minimum absolute atomic E-state index is 0.227. The molecule has 1 N–H and O–H groups in total. The summed E-state index contributed by atoms with van der Waals surface area (Å²) in [6, 6.07) is 4.03. The van der Waals surface area contributed by atoms with E-state index < -0.39 is 6.09 Å². The van der Waals surface area contributed by atoms with Crippen LogP contribution < -0.4 is 9.80 Å². The summed E-state index contributed by atoms with van der Waals surface area (Å²) in [5, 5.41) is 9.53. The fraction of sp³-hybridized carbons (Fsp3) is 0.696. The minimum atomic E-state index is -0.968. The molecular weight excluding hydrogens is 396 g/mol. The first-order chi connectivity index (χ1) is 14.9. The molecule has 170 valence electrons. The first-order valence-electron chi connectivity index (χ1n) is 11.5. The van der Waals surface area contributed by atoms with Crippen LogP contribution >= 0.6 is 0 Å². The average molecular weight is 431 g/mol. The monoisotopic (exact) mass is 430 g/mol. The predicted molar refractivity (Wildman–Crippen MR) is 118 cm³/mol. The molecule has 1 aromatic rings. The normalized spacial score (nSPS) is 24.9. The van der Waals surface area contributed by atoms with Crippen molar-refractivity contribution in [2.75, 3.05) is 49.2 Å². The van der Waals surface area contributed by atoms with Crippen molar-refractivity contribution in [2.24, 2.45) is 11.3 Å². The van der Waals surface area contributed by atoms with Crippen molar-refractivity contribution in [3.63, 3.8) is 0 Å². The molecule has 2 amide bonds. The van der Waals surface area contributed by atoms with Crippen LogP contribution in [0.5, 0.6) is 0 Å². The van der Waals surface area contributed by atoms with E-state index in [1.165, 1.54) is 4.90 Å². The summed E-state index contributed by atoms with van der Waals surface area (Å²) in [6.45, 7) is 8.30. The lowest BCUT2D eigenvalue weighted by molar-refractivity contribution is -0.139. The maximum atomic E-state index is 13.4. The van der Waals surface area contributed by atoms with E-state index in [1.54, 1.807) is 6.20 Å². The third-order valence-corrected chi connectivity index (χ3v) is 6.90. The van der Waals surface area contributed by atoms with E-state index in [0.29, 0.717) is 30.7 Å². The van der Waals surface area contributed by atoms with Gasteiger partial charge in [0.1, 0.15) is 5.82 Å². The van der Waals surface area contributed by atoms with E-state index in [9.17, 15) is 14.7 Å². The Morgan fingerprint density at radius 1 is 1.29 bits per heavy atom. The summed E-state index contributed by atoms with van der Waals surface area (Å²) < 4.78 is 5.47. The number of piperidine rings is 1. The van der Waals surface area contributed by atoms with Gasteiger partial charge in [-0.3, -0.25) is 9.69 Å². The largest absolute Gasteiger partial charge is 0.465 e. The molecule has 0 bridgehead atoms. The number of carbonyl (C=O) groups is 2. The molecular formula is C23H34N4O4. The smallest absolute Gasteiger partial charge is 0.411 e. The van der Waals surface area contributed by atoms with E-state index in [1.807, 2.05) is 26.0 Å². The number of hydrogen-bond acceptors (Lipinski definition) is 5. The Kier molecular flexibility index (Phi) is 6.36. The van der Waals surface area contributed by atoms with Crippen molar-refractivity contribution in [2.45, 2.75) is 52.0 Å². The number of nitrogens with zero attached hydrogens (tertiary/aromatic N) is 4. The Morgan fingerprint density at radius 2 is 2.06 bits per heavy atom. The summed E-state index contributed by atoms with van der Waals surface area (Å²) in [4.78, 5) is 35.3. The third kappa shape index (κ3) is 4.49. The lowest BCUT2D eigenvalue weighted by Crippen LogP contribution is -2.50. The molecule has 31 heavy (non-hydrogen) atoms. The zero-order valence-electron chi connectivity index (χ0n) is 18.6. The van der Waals surface area contributed by atoms with Crippen LogP contribution in [-0.4, -0.2) is 72.4 Å². The summed E-state index contributed by atoms with van der Waals surface area (Å²) >= 11 is 0. The highest BCUT2D eigenvalue weighted by Crippen LogP contribution is 2.42. The highest BCUT2D eigenvalue weighted by Gasteiger charge is 2.50. The minimum Gasteiger partial charge on any atom is -0.465 e. The Labute approximate surface area is 184 Å². The summed E-state index contributed by atoms with van der Waals surface area (Å²) in [5.41, 5.74) is 0.265. The predicted octanol–water partition coefficient (Wildman–Crippen LogP) is 3.22. The van der Waals surface area contributed by atoms with Gasteiger partial charge in [-0.05, 0) is 50.2 Å². The van der Waals surface area contributed by atoms with Crippen molar-refractivity contribution in [3.05, 3.63) is 18.3 Å². The zero-order valence-corrected chi connectivity index (χ0v) is 18.6. The number of aromatic nitrogens is 1. The van der Waals surface area contributed by atoms with Gasteiger partial charge in [0.2, 0.25) is 5.91 Å². The van der Waals surface area contributed by atoms with Crippen LogP contribution in [0.4, 0.5) is 16.3 Å². The van der Waals surface area contributed by atoms with Gasteiger partial charge in [-0.15, -0.1) is 0 Å². The first-order valence-corrected chi connectivity index (χ1v) is 11.5. The second-order valence-corrected chi connectivity index (χ2v) is 9.56. The van der Waals surface area contributed by atoms with Crippen LogP contribution in [-0.2, 0) is 9.53 Å². The van der Waals surface area contributed by atoms with Crippen molar-refractivity contribution in [3.8, 4) is 0 Å². The molecule has 8 nitrogen and oxygen atoms in total. The number of hydrogen-bond donors (Lipinski definition) is 1. The molecule has 0 saturated carbocycles. The second kappa shape index (κ2) is 9.02. The van der Waals surface area contributed by atoms with Crippen molar-refractivity contribution >= 4 is 23.5 Å². The Bertz CT molecular complexity index is 793. The summed E-state index contributed by atoms with van der Waals surface area (Å²) in [6.07, 6.45) is 5.34. The van der Waals surface area contributed by atoms with Gasteiger partial charge in [0, 0.05) is 45.4 Å². The fourth-order valence-electron chi connectivity index (χ4n) is 5.28. The van der Waals surface area contributed by atoms with E-state index in [4.69, 9.17) is 4.74 Å². The molecule has 3 aliphatic rings. The number of carbonyl (C=O) groups excluding carboxylic acids is 1. The van der Waals surface area contributed by atoms with Gasteiger partial charge < -0.3 is 19.6 Å². The molecule has 1 atom stereocenters. The van der Waals surface area contributed by atoms with Gasteiger partial charge in [-0.1, -0.05) is 13.8 Å². The Hall–Kier alpha value is -2.35. The molecule has 8 heteroatoms. The number of anilines is 2. The number of pyridine rings is 1. The topological polar surface area (TPSA) is 86.2 Å². The number of likely N-dealkylation sites (tertiary alicyclic amines) is 1. The number of amides is 2. The van der Waals surface area contributed by atoms with E-state index >= 15 is 0 Å². The van der Waals surface area contributed by atoms with Crippen LogP contribution in [0.1, 0.15) is 46.0 Å². The second-order valence-electron chi connectivity index (χ2n) is 9.56. The van der Waals surface area contributed by atoms with Crippen LogP contribution in [0.2, 0.25) is 0 Å². The van der Waals surface area contributed by atoms with E-state index in [2.05, 4.69) is 14.8 Å². The number of ether oxygens (including phenoxy) is 1. The molecule has 4 heterocycles. The summed E-state index contributed by atoms with van der Waals surface area (Å²) in [7, 11) is 0. The molecule has 1 spiro atoms. The molecule has 0 aliphatic carbocycles. The summed E-state index contributed by atoms with van der Waals surface area (Å²) in [5.74, 6) is 1.34. The van der Waals surface area contributed by atoms with Crippen LogP contribution in [0.15, 0.2) is 18.3 Å². The quantitative estimate of drug-likeness (QED) is 0.772. The van der Waals surface area contributed by atoms with Crippen LogP contribution in [0, 0.1) is 11.3 Å². The highest BCUT2D eigenvalue weighted by molar-refractivity contribution is 5.87.